The molecule has 1 aromatic carbocycles. The first-order chi connectivity index (χ1) is 14.0. The Morgan fingerprint density at radius 3 is 2.45 bits per heavy atom. The monoisotopic (exact) mass is 401 g/mol. The number of ether oxygens (including phenoxy) is 2. The molecule has 3 aliphatic heterocycles. The number of hydrogen-bond donors (Lipinski definition) is 0. The predicted octanol–water partition coefficient (Wildman–Crippen LogP) is 2.03. The Hall–Kier alpha value is -1.63. The van der Waals surface area contributed by atoms with Gasteiger partial charge in [0.1, 0.15) is 0 Å². The molecule has 0 aromatic heterocycles. The van der Waals surface area contributed by atoms with Gasteiger partial charge in [0.15, 0.2) is 0 Å². The summed E-state index contributed by atoms with van der Waals surface area (Å²) in [5, 5.41) is 0. The maximum absolute atomic E-state index is 12.8. The molecule has 29 heavy (non-hydrogen) atoms. The standard InChI is InChI=1S/C23H35N3O3/c1-24(2)20-5-3-19(4-6-20)15-22(27)26-9-7-23(8-10-26)16-21(29-18-23)17-25-11-13-28-14-12-25/h3-6,21H,7-18H2,1-2H3/t21-/m1/s1. The van der Waals surface area contributed by atoms with Crippen molar-refractivity contribution >= 4 is 11.6 Å². The van der Waals surface area contributed by atoms with E-state index in [2.05, 4.69) is 39.0 Å². The van der Waals surface area contributed by atoms with Gasteiger partial charge in [-0.05, 0) is 42.4 Å². The van der Waals surface area contributed by atoms with E-state index in [4.69, 9.17) is 9.47 Å². The first kappa shape index (κ1) is 20.6. The molecule has 0 saturated carbocycles. The second-order valence-corrected chi connectivity index (χ2v) is 9.17. The maximum Gasteiger partial charge on any atom is 0.226 e. The zero-order chi connectivity index (χ0) is 20.3. The Balaban J connectivity index is 1.24. The molecule has 0 bridgehead atoms. The number of amides is 1. The van der Waals surface area contributed by atoms with E-state index in [9.17, 15) is 4.79 Å². The van der Waals surface area contributed by atoms with Crippen LogP contribution in [-0.4, -0.2) is 88.5 Å². The van der Waals surface area contributed by atoms with Gasteiger partial charge in [0, 0.05) is 52.5 Å². The number of morpholine rings is 1. The van der Waals surface area contributed by atoms with E-state index in [0.717, 1.165) is 83.1 Å². The van der Waals surface area contributed by atoms with Crippen molar-refractivity contribution in [2.24, 2.45) is 5.41 Å². The summed E-state index contributed by atoms with van der Waals surface area (Å²) in [6.45, 7) is 7.33. The van der Waals surface area contributed by atoms with Crippen LogP contribution in [0.15, 0.2) is 24.3 Å². The highest BCUT2D eigenvalue weighted by atomic mass is 16.5. The molecule has 6 heteroatoms. The number of anilines is 1. The van der Waals surface area contributed by atoms with Crippen LogP contribution in [0.5, 0.6) is 0 Å². The molecule has 3 saturated heterocycles. The fraction of sp³-hybridized carbons (Fsp3) is 0.696. The molecule has 160 valence electrons. The third kappa shape index (κ3) is 5.11. The van der Waals surface area contributed by atoms with Gasteiger partial charge in [-0.25, -0.2) is 0 Å². The van der Waals surface area contributed by atoms with Crippen molar-refractivity contribution < 1.29 is 14.3 Å². The van der Waals surface area contributed by atoms with Gasteiger partial charge in [-0.15, -0.1) is 0 Å². The molecule has 3 heterocycles. The molecule has 3 aliphatic rings. The van der Waals surface area contributed by atoms with Gasteiger partial charge in [0.05, 0.1) is 32.3 Å². The second kappa shape index (κ2) is 9.02. The average Bonchev–Trinajstić information content (AvgIpc) is 3.11. The Labute approximate surface area is 174 Å². The van der Waals surface area contributed by atoms with Crippen molar-refractivity contribution in [1.82, 2.24) is 9.80 Å². The number of benzene rings is 1. The van der Waals surface area contributed by atoms with Crippen LogP contribution in [0.2, 0.25) is 0 Å². The molecule has 6 nitrogen and oxygen atoms in total. The van der Waals surface area contributed by atoms with Gasteiger partial charge in [-0.2, -0.15) is 0 Å². The smallest absolute Gasteiger partial charge is 0.226 e. The van der Waals surface area contributed by atoms with Crippen molar-refractivity contribution in [2.45, 2.75) is 31.8 Å². The molecule has 4 rings (SSSR count). The lowest BCUT2D eigenvalue weighted by Gasteiger charge is -2.38. The van der Waals surface area contributed by atoms with Crippen LogP contribution >= 0.6 is 0 Å². The van der Waals surface area contributed by atoms with Gasteiger partial charge in [-0.3, -0.25) is 9.69 Å². The van der Waals surface area contributed by atoms with E-state index >= 15 is 0 Å². The van der Waals surface area contributed by atoms with E-state index in [1.54, 1.807) is 0 Å². The van der Waals surface area contributed by atoms with Crippen molar-refractivity contribution in [1.29, 1.82) is 0 Å². The van der Waals surface area contributed by atoms with Gasteiger partial charge < -0.3 is 19.3 Å². The summed E-state index contributed by atoms with van der Waals surface area (Å²) in [5.41, 5.74) is 2.53. The van der Waals surface area contributed by atoms with Crippen LogP contribution in [-0.2, 0) is 20.7 Å². The quantitative estimate of drug-likeness (QED) is 0.755. The van der Waals surface area contributed by atoms with Gasteiger partial charge >= 0.3 is 0 Å². The highest BCUT2D eigenvalue weighted by Gasteiger charge is 2.43. The zero-order valence-corrected chi connectivity index (χ0v) is 17.9. The molecular weight excluding hydrogens is 366 g/mol. The van der Waals surface area contributed by atoms with Crippen molar-refractivity contribution in [3.8, 4) is 0 Å². The van der Waals surface area contributed by atoms with Crippen LogP contribution in [0.25, 0.3) is 0 Å². The molecule has 3 fully saturated rings. The second-order valence-electron chi connectivity index (χ2n) is 9.17. The SMILES string of the molecule is CN(C)c1ccc(CC(=O)N2CCC3(CC2)CO[C@@H](CN2CCOCC2)C3)cc1. The van der Waals surface area contributed by atoms with Crippen molar-refractivity contribution in [2.75, 3.05) is 71.5 Å². The lowest BCUT2D eigenvalue weighted by atomic mass is 9.76. The fourth-order valence-electron chi connectivity index (χ4n) is 4.86. The third-order valence-electron chi connectivity index (χ3n) is 6.84. The first-order valence-corrected chi connectivity index (χ1v) is 11.0. The summed E-state index contributed by atoms with van der Waals surface area (Å²) >= 11 is 0. The van der Waals surface area contributed by atoms with Crippen LogP contribution in [0.4, 0.5) is 5.69 Å². The van der Waals surface area contributed by atoms with E-state index in [0.29, 0.717) is 12.5 Å². The lowest BCUT2D eigenvalue weighted by molar-refractivity contribution is -0.132. The van der Waals surface area contributed by atoms with Crippen LogP contribution in [0.1, 0.15) is 24.8 Å². The number of carbonyl (C=O) groups excluding carboxylic acids is 1. The third-order valence-corrected chi connectivity index (χ3v) is 6.84. The fourth-order valence-corrected chi connectivity index (χ4v) is 4.86. The van der Waals surface area contributed by atoms with Gasteiger partial charge in [0.2, 0.25) is 5.91 Å². The Kier molecular flexibility index (Phi) is 6.42. The lowest BCUT2D eigenvalue weighted by Crippen LogP contribution is -2.44. The number of hydrogen-bond acceptors (Lipinski definition) is 5. The number of piperidine rings is 1. The minimum Gasteiger partial charge on any atom is -0.379 e. The highest BCUT2D eigenvalue weighted by molar-refractivity contribution is 5.79. The molecule has 0 N–H and O–H groups in total. The maximum atomic E-state index is 12.8. The molecule has 0 radical (unpaired) electrons. The van der Waals surface area contributed by atoms with Gasteiger partial charge in [0.25, 0.3) is 0 Å². The Morgan fingerprint density at radius 1 is 1.10 bits per heavy atom. The molecule has 1 amide bonds. The number of carbonyl (C=O) groups is 1. The van der Waals surface area contributed by atoms with E-state index in [-0.39, 0.29) is 11.3 Å². The average molecular weight is 402 g/mol. The molecular formula is C23H35N3O3. The Morgan fingerprint density at radius 2 is 1.79 bits per heavy atom. The summed E-state index contributed by atoms with van der Waals surface area (Å²) in [7, 11) is 4.06. The van der Waals surface area contributed by atoms with E-state index in [1.165, 1.54) is 0 Å². The number of likely N-dealkylation sites (tertiary alicyclic amines) is 1. The van der Waals surface area contributed by atoms with Crippen LogP contribution in [0, 0.1) is 5.41 Å². The molecule has 1 aromatic rings. The van der Waals surface area contributed by atoms with Crippen molar-refractivity contribution in [3.05, 3.63) is 29.8 Å². The molecule has 1 spiro atoms. The normalized spacial score (nSPS) is 24.8. The predicted molar refractivity (Wildman–Crippen MR) is 114 cm³/mol. The van der Waals surface area contributed by atoms with Crippen LogP contribution < -0.4 is 4.90 Å². The van der Waals surface area contributed by atoms with E-state index < -0.39 is 0 Å². The minimum atomic E-state index is 0.251. The van der Waals surface area contributed by atoms with E-state index in [1.807, 2.05) is 14.1 Å². The first-order valence-electron chi connectivity index (χ1n) is 11.0. The molecule has 0 aliphatic carbocycles. The zero-order valence-electron chi connectivity index (χ0n) is 17.9. The van der Waals surface area contributed by atoms with Crippen molar-refractivity contribution in [3.63, 3.8) is 0 Å². The Bertz CT molecular complexity index is 677. The number of nitrogens with zero attached hydrogens (tertiary/aromatic N) is 3. The topological polar surface area (TPSA) is 45.2 Å². The number of rotatable bonds is 5. The summed E-state index contributed by atoms with van der Waals surface area (Å²) in [6, 6.07) is 8.30. The minimum absolute atomic E-state index is 0.251. The van der Waals surface area contributed by atoms with Gasteiger partial charge in [-0.1, -0.05) is 12.1 Å². The summed E-state index contributed by atoms with van der Waals surface area (Å²) in [5.74, 6) is 0.251. The summed E-state index contributed by atoms with van der Waals surface area (Å²) < 4.78 is 11.6. The summed E-state index contributed by atoms with van der Waals surface area (Å²) in [6.07, 6.45) is 4.11. The van der Waals surface area contributed by atoms with Crippen LogP contribution in [0.3, 0.4) is 0 Å². The largest absolute Gasteiger partial charge is 0.379 e. The molecule has 0 unspecified atom stereocenters. The molecule has 1 atom stereocenters. The summed E-state index contributed by atoms with van der Waals surface area (Å²) in [4.78, 5) is 19.4. The highest BCUT2D eigenvalue weighted by Crippen LogP contribution is 2.42.